The number of hydrogen-bond acceptors (Lipinski definition) is 2. The monoisotopic (exact) mass is 232 g/mol. The number of carbonyl (C=O) groups excluding carboxylic acids is 1. The zero-order valence-corrected chi connectivity index (χ0v) is 10.1. The summed E-state index contributed by atoms with van der Waals surface area (Å²) in [6.45, 7) is 0. The molecule has 1 aromatic carbocycles. The second-order valence-electron chi connectivity index (χ2n) is 4.90. The number of carbonyl (C=O) groups is 1. The molecule has 0 spiro atoms. The van der Waals surface area contributed by atoms with Crippen LogP contribution in [0.15, 0.2) is 30.3 Å². The molecule has 0 radical (unpaired) electrons. The lowest BCUT2D eigenvalue weighted by atomic mass is 9.77. The molecule has 0 heterocycles. The minimum atomic E-state index is -0.0341. The summed E-state index contributed by atoms with van der Waals surface area (Å²) < 4.78 is 0. The highest BCUT2D eigenvalue weighted by Crippen LogP contribution is 2.36. The molecule has 0 aliphatic heterocycles. The Morgan fingerprint density at radius 1 is 1.18 bits per heavy atom. The van der Waals surface area contributed by atoms with E-state index < -0.39 is 0 Å². The quantitative estimate of drug-likeness (QED) is 0.477. The number of nitrogens with one attached hydrogen (secondary N) is 1. The van der Waals surface area contributed by atoms with Crippen molar-refractivity contribution in [3.05, 3.63) is 35.9 Å². The van der Waals surface area contributed by atoms with Gasteiger partial charge in [0.25, 0.3) is 0 Å². The third-order valence-corrected chi connectivity index (χ3v) is 3.75. The summed E-state index contributed by atoms with van der Waals surface area (Å²) >= 11 is 0. The SMILES string of the molecule is NNC(=O)CC1CCC(c2ccccc2)CC1. The van der Waals surface area contributed by atoms with E-state index >= 15 is 0 Å². The van der Waals surface area contributed by atoms with E-state index in [1.807, 2.05) is 0 Å². The van der Waals surface area contributed by atoms with E-state index in [-0.39, 0.29) is 5.91 Å². The molecule has 3 N–H and O–H groups in total. The van der Waals surface area contributed by atoms with Crippen LogP contribution in [0.5, 0.6) is 0 Å². The molecule has 1 aliphatic carbocycles. The maximum atomic E-state index is 11.2. The van der Waals surface area contributed by atoms with Crippen LogP contribution in [-0.4, -0.2) is 5.91 Å². The largest absolute Gasteiger partial charge is 0.294 e. The molecule has 0 bridgehead atoms. The molecule has 0 atom stereocenters. The van der Waals surface area contributed by atoms with Gasteiger partial charge in [-0.15, -0.1) is 0 Å². The molecule has 0 unspecified atom stereocenters. The van der Waals surface area contributed by atoms with Crippen molar-refractivity contribution < 1.29 is 4.79 Å². The van der Waals surface area contributed by atoms with E-state index in [9.17, 15) is 4.79 Å². The molecule has 0 saturated heterocycles. The third kappa shape index (κ3) is 3.30. The van der Waals surface area contributed by atoms with Gasteiger partial charge in [-0.25, -0.2) is 5.84 Å². The van der Waals surface area contributed by atoms with Crippen LogP contribution < -0.4 is 11.3 Å². The van der Waals surface area contributed by atoms with E-state index in [0.29, 0.717) is 18.3 Å². The van der Waals surface area contributed by atoms with Gasteiger partial charge in [-0.05, 0) is 43.1 Å². The van der Waals surface area contributed by atoms with Gasteiger partial charge in [0.2, 0.25) is 5.91 Å². The Kier molecular flexibility index (Phi) is 4.15. The first-order chi connectivity index (χ1) is 8.29. The lowest BCUT2D eigenvalue weighted by molar-refractivity contribution is -0.122. The molecule has 3 nitrogen and oxygen atoms in total. The fraction of sp³-hybridized carbons (Fsp3) is 0.500. The predicted octanol–water partition coefficient (Wildman–Crippen LogP) is 2.34. The first-order valence-corrected chi connectivity index (χ1v) is 6.34. The molecule has 1 saturated carbocycles. The average Bonchev–Trinajstić information content (AvgIpc) is 2.40. The average molecular weight is 232 g/mol. The van der Waals surface area contributed by atoms with Gasteiger partial charge < -0.3 is 0 Å². The second-order valence-corrected chi connectivity index (χ2v) is 4.90. The minimum Gasteiger partial charge on any atom is -0.294 e. The molecule has 92 valence electrons. The van der Waals surface area contributed by atoms with E-state index in [1.165, 1.54) is 18.4 Å². The highest BCUT2D eigenvalue weighted by molar-refractivity contribution is 5.75. The number of nitrogens with two attached hydrogens (primary N) is 1. The van der Waals surface area contributed by atoms with Gasteiger partial charge in [-0.1, -0.05) is 30.3 Å². The zero-order chi connectivity index (χ0) is 12.1. The first kappa shape index (κ1) is 12.1. The molecule has 0 aromatic heterocycles. The molecular weight excluding hydrogens is 212 g/mol. The lowest BCUT2D eigenvalue weighted by Gasteiger charge is -2.28. The van der Waals surface area contributed by atoms with Crippen molar-refractivity contribution in [3.63, 3.8) is 0 Å². The topological polar surface area (TPSA) is 55.1 Å². The van der Waals surface area contributed by atoms with E-state index in [0.717, 1.165) is 12.8 Å². The summed E-state index contributed by atoms with van der Waals surface area (Å²) in [7, 11) is 0. The standard InChI is InChI=1S/C14H20N2O/c15-16-14(17)10-11-6-8-13(9-7-11)12-4-2-1-3-5-12/h1-5,11,13H,6-10,15H2,(H,16,17). The van der Waals surface area contributed by atoms with E-state index in [1.54, 1.807) is 0 Å². The van der Waals surface area contributed by atoms with Crippen LogP contribution in [0, 0.1) is 5.92 Å². The van der Waals surface area contributed by atoms with Crippen molar-refractivity contribution in [2.24, 2.45) is 11.8 Å². The Labute approximate surface area is 102 Å². The van der Waals surface area contributed by atoms with Crippen LogP contribution in [0.4, 0.5) is 0 Å². The van der Waals surface area contributed by atoms with Crippen LogP contribution >= 0.6 is 0 Å². The van der Waals surface area contributed by atoms with Crippen LogP contribution in [0.2, 0.25) is 0 Å². The maximum absolute atomic E-state index is 11.2. The Morgan fingerprint density at radius 3 is 2.41 bits per heavy atom. The number of hydrazine groups is 1. The van der Waals surface area contributed by atoms with Gasteiger partial charge in [-0.3, -0.25) is 10.2 Å². The van der Waals surface area contributed by atoms with Crippen LogP contribution in [-0.2, 0) is 4.79 Å². The van der Waals surface area contributed by atoms with Crippen molar-refractivity contribution >= 4 is 5.91 Å². The van der Waals surface area contributed by atoms with Crippen LogP contribution in [0.1, 0.15) is 43.6 Å². The highest BCUT2D eigenvalue weighted by atomic mass is 16.2. The molecule has 1 aromatic rings. The van der Waals surface area contributed by atoms with Gasteiger partial charge in [0.05, 0.1) is 0 Å². The maximum Gasteiger partial charge on any atom is 0.234 e. The number of amides is 1. The Balaban J connectivity index is 1.84. The summed E-state index contributed by atoms with van der Waals surface area (Å²) in [6, 6.07) is 10.7. The molecule has 3 heteroatoms. The Bertz CT molecular complexity index is 356. The smallest absolute Gasteiger partial charge is 0.234 e. The second kappa shape index (κ2) is 5.82. The molecule has 1 amide bonds. The highest BCUT2D eigenvalue weighted by Gasteiger charge is 2.23. The Hall–Kier alpha value is -1.35. The summed E-state index contributed by atoms with van der Waals surface area (Å²) in [4.78, 5) is 11.2. The number of rotatable bonds is 3. The van der Waals surface area contributed by atoms with Crippen LogP contribution in [0.3, 0.4) is 0 Å². The fourth-order valence-electron chi connectivity index (χ4n) is 2.75. The molecule has 17 heavy (non-hydrogen) atoms. The molecule has 1 fully saturated rings. The first-order valence-electron chi connectivity index (χ1n) is 6.34. The summed E-state index contributed by atoms with van der Waals surface area (Å²) in [5.41, 5.74) is 3.66. The van der Waals surface area contributed by atoms with Crippen molar-refractivity contribution in [2.45, 2.75) is 38.0 Å². The van der Waals surface area contributed by atoms with Gasteiger partial charge in [0.1, 0.15) is 0 Å². The normalized spacial score (nSPS) is 24.3. The van der Waals surface area contributed by atoms with E-state index in [2.05, 4.69) is 35.8 Å². The predicted molar refractivity (Wildman–Crippen MR) is 68.1 cm³/mol. The van der Waals surface area contributed by atoms with Crippen molar-refractivity contribution in [3.8, 4) is 0 Å². The summed E-state index contributed by atoms with van der Waals surface area (Å²) in [6.07, 6.45) is 5.22. The summed E-state index contributed by atoms with van der Waals surface area (Å²) in [5, 5.41) is 0. The van der Waals surface area contributed by atoms with E-state index in [4.69, 9.17) is 5.84 Å². The van der Waals surface area contributed by atoms with Crippen molar-refractivity contribution in [1.29, 1.82) is 0 Å². The molecule has 2 rings (SSSR count). The van der Waals surface area contributed by atoms with Gasteiger partial charge in [-0.2, -0.15) is 0 Å². The van der Waals surface area contributed by atoms with Gasteiger partial charge >= 0.3 is 0 Å². The fourth-order valence-corrected chi connectivity index (χ4v) is 2.75. The molecular formula is C14H20N2O. The van der Waals surface area contributed by atoms with Crippen molar-refractivity contribution in [2.75, 3.05) is 0 Å². The summed E-state index contributed by atoms with van der Waals surface area (Å²) in [5.74, 6) is 6.26. The third-order valence-electron chi connectivity index (χ3n) is 3.75. The number of hydrogen-bond donors (Lipinski definition) is 2. The lowest BCUT2D eigenvalue weighted by Crippen LogP contribution is -2.32. The zero-order valence-electron chi connectivity index (χ0n) is 10.1. The molecule has 1 aliphatic rings. The minimum absolute atomic E-state index is 0.0341. The number of benzene rings is 1. The van der Waals surface area contributed by atoms with Gasteiger partial charge in [0.15, 0.2) is 0 Å². The Morgan fingerprint density at radius 2 is 1.82 bits per heavy atom. The van der Waals surface area contributed by atoms with Gasteiger partial charge in [0, 0.05) is 6.42 Å². The van der Waals surface area contributed by atoms with Crippen LogP contribution in [0.25, 0.3) is 0 Å². The van der Waals surface area contributed by atoms with Crippen molar-refractivity contribution in [1.82, 2.24) is 5.43 Å².